The normalized spacial score (nSPS) is 14.9. The molecule has 0 saturated carbocycles. The van der Waals surface area contributed by atoms with Crippen LogP contribution in [0.2, 0.25) is 0 Å². The highest BCUT2D eigenvalue weighted by Gasteiger charge is 2.52. The van der Waals surface area contributed by atoms with Crippen LogP contribution in [-0.2, 0) is 5.41 Å². The second kappa shape index (κ2) is 15.3. The van der Waals surface area contributed by atoms with Crippen molar-refractivity contribution in [2.75, 3.05) is 9.80 Å². The monoisotopic (exact) mass is 980 g/mol. The van der Waals surface area contributed by atoms with Gasteiger partial charge in [0.2, 0.25) is 13.4 Å². The van der Waals surface area contributed by atoms with Gasteiger partial charge in [-0.2, -0.15) is 0 Å². The van der Waals surface area contributed by atoms with Gasteiger partial charge in [0.25, 0.3) is 6.71 Å². The first-order valence-corrected chi connectivity index (χ1v) is 28.2. The van der Waals surface area contributed by atoms with E-state index in [1.807, 2.05) is 47.0 Å². The minimum absolute atomic E-state index is 0.0647. The van der Waals surface area contributed by atoms with Crippen LogP contribution in [0.25, 0.3) is 0 Å². The van der Waals surface area contributed by atoms with E-state index >= 15 is 0 Å². The van der Waals surface area contributed by atoms with Gasteiger partial charge in [-0.15, -0.1) is 0 Å². The van der Waals surface area contributed by atoms with Gasteiger partial charge in [-0.05, 0) is 161 Å². The Kier molecular flexibility index (Phi) is 9.26. The number of rotatable bonds is 2. The van der Waals surface area contributed by atoms with Gasteiger partial charge < -0.3 is 9.80 Å². The van der Waals surface area contributed by atoms with Gasteiger partial charge in [0.15, 0.2) is 0 Å². The quantitative estimate of drug-likeness (QED) is 0.158. The molecule has 71 heavy (non-hydrogen) atoms. The van der Waals surface area contributed by atoms with Crippen molar-refractivity contribution in [2.24, 2.45) is 0 Å². The fourth-order valence-corrected chi connectivity index (χ4v) is 18.1. The average molecular weight is 981 g/mol. The standard InChI is InChI=1S/C62H47B3N2S4/c1-34-24-35(2)27-39(26-34)66-45-30-38(62(5,6)7)31-46-55(45)65(56-47(66)32-53-58-60(56)70-51-22-14-10-18-43(51)63(58)41-16-8-12-20-49(41)68-53)57-48(67(46)40-28-36(3)25-37(4)29-40)33-54-59-61(57)71-52-23-15-11-19-44(52)64(59)42-17-9-13-21-50(42)69-54/h8-33H,1-7H3. The van der Waals surface area contributed by atoms with Crippen LogP contribution >= 0.6 is 47.0 Å². The largest absolute Gasteiger partial charge is 0.311 e. The van der Waals surface area contributed by atoms with E-state index in [1.54, 1.807) is 0 Å². The summed E-state index contributed by atoms with van der Waals surface area (Å²) in [5.74, 6) is 0. The Morgan fingerprint density at radius 2 is 0.676 bits per heavy atom. The molecule has 0 N–H and O–H groups in total. The van der Waals surface area contributed by atoms with E-state index in [0.717, 1.165) is 0 Å². The molecule has 0 fully saturated rings. The lowest BCUT2D eigenvalue weighted by molar-refractivity contribution is 0.590. The lowest BCUT2D eigenvalue weighted by atomic mass is 9.30. The van der Waals surface area contributed by atoms with Crippen molar-refractivity contribution in [3.05, 3.63) is 186 Å². The average Bonchev–Trinajstić information content (AvgIpc) is 3.35. The van der Waals surface area contributed by atoms with Gasteiger partial charge in [-0.25, -0.2) is 0 Å². The number of hydrogen-bond donors (Lipinski definition) is 0. The van der Waals surface area contributed by atoms with Gasteiger partial charge in [-0.1, -0.05) is 175 Å². The van der Waals surface area contributed by atoms with Gasteiger partial charge in [0.1, 0.15) is 0 Å². The molecule has 0 unspecified atom stereocenters. The van der Waals surface area contributed by atoms with Crippen molar-refractivity contribution in [3.63, 3.8) is 0 Å². The predicted octanol–water partition coefficient (Wildman–Crippen LogP) is 11.2. The molecular formula is C62H47B3N2S4. The van der Waals surface area contributed by atoms with Crippen LogP contribution in [0.3, 0.4) is 0 Å². The lowest BCUT2D eigenvalue weighted by Gasteiger charge is -2.48. The van der Waals surface area contributed by atoms with Crippen molar-refractivity contribution < 1.29 is 0 Å². The molecule has 6 aliphatic rings. The van der Waals surface area contributed by atoms with Crippen molar-refractivity contribution in [3.8, 4) is 0 Å². The number of fused-ring (bicyclic) bond motifs is 14. The Morgan fingerprint density at radius 1 is 0.338 bits per heavy atom. The Balaban J connectivity index is 1.14. The van der Waals surface area contributed by atoms with Gasteiger partial charge in [0.05, 0.1) is 0 Å². The zero-order valence-corrected chi connectivity index (χ0v) is 44.0. The molecule has 9 aromatic rings. The number of benzene rings is 9. The van der Waals surface area contributed by atoms with Crippen molar-refractivity contribution in [1.29, 1.82) is 0 Å². The third kappa shape index (κ3) is 6.19. The summed E-state index contributed by atoms with van der Waals surface area (Å²) in [5.41, 5.74) is 26.7. The van der Waals surface area contributed by atoms with E-state index in [9.17, 15) is 0 Å². The first-order chi connectivity index (χ1) is 34.5. The third-order valence-electron chi connectivity index (χ3n) is 15.7. The highest BCUT2D eigenvalue weighted by molar-refractivity contribution is 8.02. The lowest BCUT2D eigenvalue weighted by Crippen LogP contribution is -2.67. The molecule has 0 spiro atoms. The summed E-state index contributed by atoms with van der Waals surface area (Å²) in [6.07, 6.45) is 0. The van der Waals surface area contributed by atoms with Crippen LogP contribution in [0.5, 0.6) is 0 Å². The van der Waals surface area contributed by atoms with Crippen LogP contribution in [0, 0.1) is 27.7 Å². The van der Waals surface area contributed by atoms with Crippen LogP contribution in [0.4, 0.5) is 34.1 Å². The van der Waals surface area contributed by atoms with Crippen molar-refractivity contribution in [1.82, 2.24) is 0 Å². The zero-order chi connectivity index (χ0) is 47.8. The highest BCUT2D eigenvalue weighted by atomic mass is 32.2. The molecule has 0 aromatic heterocycles. The molecule has 0 amide bonds. The molecule has 6 aliphatic heterocycles. The molecular weight excluding hydrogens is 933 g/mol. The number of aryl methyl sites for hydroxylation is 4. The van der Waals surface area contributed by atoms with Gasteiger partial charge in [0, 0.05) is 73.3 Å². The van der Waals surface area contributed by atoms with E-state index < -0.39 is 0 Å². The van der Waals surface area contributed by atoms with E-state index in [4.69, 9.17) is 0 Å². The van der Waals surface area contributed by atoms with Gasteiger partial charge >= 0.3 is 0 Å². The molecule has 2 nitrogen and oxygen atoms in total. The van der Waals surface area contributed by atoms with E-state index in [-0.39, 0.29) is 25.6 Å². The molecule has 0 aliphatic carbocycles. The Bertz CT molecular complexity index is 3580. The predicted molar refractivity (Wildman–Crippen MR) is 310 cm³/mol. The van der Waals surface area contributed by atoms with Crippen LogP contribution in [0.15, 0.2) is 197 Å². The first kappa shape index (κ1) is 42.8. The molecule has 6 heterocycles. The maximum Gasteiger partial charge on any atom is 0.255 e. The summed E-state index contributed by atoms with van der Waals surface area (Å²) in [4.78, 5) is 16.4. The smallest absolute Gasteiger partial charge is 0.255 e. The highest BCUT2D eigenvalue weighted by Crippen LogP contribution is 2.52. The topological polar surface area (TPSA) is 6.48 Å². The summed E-state index contributed by atoms with van der Waals surface area (Å²) >= 11 is 7.98. The Hall–Kier alpha value is -5.83. The molecule has 9 aromatic carbocycles. The fraction of sp³-hybridized carbons (Fsp3) is 0.129. The maximum absolute atomic E-state index is 2.69. The molecule has 15 rings (SSSR count). The summed E-state index contributed by atoms with van der Waals surface area (Å²) in [6, 6.07) is 61.7. The summed E-state index contributed by atoms with van der Waals surface area (Å²) < 4.78 is 0. The molecule has 338 valence electrons. The molecule has 0 radical (unpaired) electrons. The molecule has 0 atom stereocenters. The second-order valence-electron chi connectivity index (χ2n) is 21.5. The zero-order valence-electron chi connectivity index (χ0n) is 40.8. The van der Waals surface area contributed by atoms with Crippen LogP contribution in [0.1, 0.15) is 48.6 Å². The number of nitrogens with zero attached hydrogens (tertiary/aromatic N) is 2. The van der Waals surface area contributed by atoms with Crippen molar-refractivity contribution in [2.45, 2.75) is 93.0 Å². The summed E-state index contributed by atoms with van der Waals surface area (Å²) in [6.45, 7) is 16.4. The Labute approximate surface area is 435 Å². The third-order valence-corrected chi connectivity index (χ3v) is 20.5. The number of anilines is 6. The summed E-state index contributed by atoms with van der Waals surface area (Å²) in [5, 5.41) is 0. The van der Waals surface area contributed by atoms with E-state index in [2.05, 4.69) is 216 Å². The van der Waals surface area contributed by atoms with Gasteiger partial charge in [-0.3, -0.25) is 0 Å². The molecule has 0 saturated heterocycles. The molecule has 0 bridgehead atoms. The summed E-state index contributed by atoms with van der Waals surface area (Å²) in [7, 11) is 0. The molecule has 9 heteroatoms. The van der Waals surface area contributed by atoms with Crippen molar-refractivity contribution >= 4 is 150 Å². The van der Waals surface area contributed by atoms with E-state index in [0.29, 0.717) is 0 Å². The van der Waals surface area contributed by atoms with Crippen LogP contribution < -0.4 is 59.0 Å². The minimum Gasteiger partial charge on any atom is -0.311 e. The first-order valence-electron chi connectivity index (χ1n) is 24.9. The number of hydrogen-bond acceptors (Lipinski definition) is 6. The second-order valence-corrected chi connectivity index (χ2v) is 25.8. The minimum atomic E-state index is -0.133. The van der Waals surface area contributed by atoms with Crippen LogP contribution in [-0.4, -0.2) is 20.1 Å². The van der Waals surface area contributed by atoms with E-state index in [1.165, 1.54) is 150 Å². The Morgan fingerprint density at radius 3 is 1.04 bits per heavy atom. The maximum atomic E-state index is 2.69. The SMILES string of the molecule is Cc1cc(C)cc(N2c3cc(C(C)(C)C)cc4c3B(c3c2cc2c5c3Sc3ccccc3B5c3ccccc3S2)c2c(cc3c5c2Sc2ccccc2B5c2ccccc2S3)N4c2cc(C)cc(C)c2)c1. The fourth-order valence-electron chi connectivity index (χ4n) is 13.0.